The summed E-state index contributed by atoms with van der Waals surface area (Å²) in [4.78, 5) is 34.2. The van der Waals surface area contributed by atoms with Crippen molar-refractivity contribution in [1.29, 1.82) is 0 Å². The molecule has 186 valence electrons. The molecule has 36 heavy (non-hydrogen) atoms. The number of hydrogen-bond donors (Lipinski definition) is 1. The lowest BCUT2D eigenvalue weighted by atomic mass is 9.94. The zero-order valence-electron chi connectivity index (χ0n) is 21.1. The van der Waals surface area contributed by atoms with E-state index in [0.717, 1.165) is 34.5 Å². The van der Waals surface area contributed by atoms with Crippen LogP contribution < -0.4 is 9.64 Å². The number of benzene rings is 2. The summed E-state index contributed by atoms with van der Waals surface area (Å²) < 4.78 is 5.75. The van der Waals surface area contributed by atoms with E-state index in [1.807, 2.05) is 63.2 Å². The molecule has 0 aliphatic carbocycles. The first-order valence-corrected chi connectivity index (χ1v) is 12.0. The molecular weight excluding hydrogens is 454 g/mol. The van der Waals surface area contributed by atoms with Gasteiger partial charge in [0.15, 0.2) is 0 Å². The molecule has 1 aliphatic rings. The number of aliphatic hydroxyl groups is 1. The van der Waals surface area contributed by atoms with E-state index < -0.39 is 17.7 Å². The van der Waals surface area contributed by atoms with Crippen LogP contribution in [0.3, 0.4) is 0 Å². The van der Waals surface area contributed by atoms with Crippen LogP contribution in [0.5, 0.6) is 5.75 Å². The van der Waals surface area contributed by atoms with Crippen molar-refractivity contribution in [3.8, 4) is 5.75 Å². The average molecular weight is 486 g/mol. The van der Waals surface area contributed by atoms with Crippen LogP contribution in [0.2, 0.25) is 0 Å². The number of amides is 1. The summed E-state index contributed by atoms with van der Waals surface area (Å²) in [5, 5.41) is 11.4. The van der Waals surface area contributed by atoms with Gasteiger partial charge in [0.05, 0.1) is 18.2 Å². The number of carbonyl (C=O) groups is 2. The SMILES string of the molecule is CCCOc1ccc(C(O)=C2C(=O)C(=O)N(Cc3cccnc3)C2c2ccc(N(C)C)cc2)cc1C. The van der Waals surface area contributed by atoms with Crippen LogP contribution >= 0.6 is 0 Å². The van der Waals surface area contributed by atoms with Gasteiger partial charge < -0.3 is 19.6 Å². The lowest BCUT2D eigenvalue weighted by molar-refractivity contribution is -0.140. The molecule has 3 aromatic rings. The summed E-state index contributed by atoms with van der Waals surface area (Å²) in [6, 6.07) is 15.8. The Labute approximate surface area is 211 Å². The number of ether oxygens (including phenoxy) is 1. The van der Waals surface area contributed by atoms with Gasteiger partial charge in [-0.15, -0.1) is 0 Å². The van der Waals surface area contributed by atoms with Crippen LogP contribution in [0.4, 0.5) is 5.69 Å². The summed E-state index contributed by atoms with van der Waals surface area (Å²) in [6.07, 6.45) is 4.21. The second kappa shape index (κ2) is 10.6. The van der Waals surface area contributed by atoms with Gasteiger partial charge in [-0.1, -0.05) is 25.1 Å². The molecule has 2 aromatic carbocycles. The monoisotopic (exact) mass is 485 g/mol. The predicted octanol–water partition coefficient (Wildman–Crippen LogP) is 4.87. The number of aromatic nitrogens is 1. The highest BCUT2D eigenvalue weighted by atomic mass is 16.5. The Hall–Kier alpha value is -4.13. The van der Waals surface area contributed by atoms with Crippen molar-refractivity contribution in [1.82, 2.24) is 9.88 Å². The summed E-state index contributed by atoms with van der Waals surface area (Å²) >= 11 is 0. The van der Waals surface area contributed by atoms with Gasteiger partial charge in [0.2, 0.25) is 0 Å². The van der Waals surface area contributed by atoms with Crippen molar-refractivity contribution in [2.45, 2.75) is 32.9 Å². The number of rotatable bonds is 8. The van der Waals surface area contributed by atoms with E-state index in [0.29, 0.717) is 12.2 Å². The van der Waals surface area contributed by atoms with E-state index in [-0.39, 0.29) is 17.9 Å². The van der Waals surface area contributed by atoms with Crippen molar-refractivity contribution in [3.05, 3.63) is 94.8 Å². The van der Waals surface area contributed by atoms with Crippen LogP contribution in [-0.2, 0) is 16.1 Å². The normalized spacial score (nSPS) is 16.9. The molecule has 1 amide bonds. The molecule has 1 atom stereocenters. The summed E-state index contributed by atoms with van der Waals surface area (Å²) in [7, 11) is 3.89. The van der Waals surface area contributed by atoms with Gasteiger partial charge in [0.1, 0.15) is 11.5 Å². The predicted molar refractivity (Wildman–Crippen MR) is 140 cm³/mol. The molecular formula is C29H31N3O4. The fraction of sp³-hybridized carbons (Fsp3) is 0.276. The van der Waals surface area contributed by atoms with Gasteiger partial charge in [-0.25, -0.2) is 0 Å². The number of carbonyl (C=O) groups excluding carboxylic acids is 2. The Morgan fingerprint density at radius 1 is 1.11 bits per heavy atom. The number of anilines is 1. The van der Waals surface area contributed by atoms with Crippen LogP contribution in [0, 0.1) is 6.92 Å². The maximum absolute atomic E-state index is 13.3. The lowest BCUT2D eigenvalue weighted by Gasteiger charge is -2.26. The molecule has 1 unspecified atom stereocenters. The molecule has 1 saturated heterocycles. The van der Waals surface area contributed by atoms with Crippen LogP contribution in [0.25, 0.3) is 5.76 Å². The lowest BCUT2D eigenvalue weighted by Crippen LogP contribution is -2.29. The minimum atomic E-state index is -0.738. The highest BCUT2D eigenvalue weighted by Crippen LogP contribution is 2.41. The average Bonchev–Trinajstić information content (AvgIpc) is 3.13. The quantitative estimate of drug-likeness (QED) is 0.279. The standard InChI is InChI=1S/C29H31N3O4/c1-5-15-36-24-13-10-22(16-19(24)2)27(33)25-26(21-8-11-23(12-9-21)31(3)4)32(29(35)28(25)34)18-20-7-6-14-30-17-20/h6-14,16-17,26,33H,5,15,18H2,1-4H3. The van der Waals surface area contributed by atoms with Gasteiger partial charge in [0, 0.05) is 44.3 Å². The Morgan fingerprint density at radius 3 is 2.47 bits per heavy atom. The topological polar surface area (TPSA) is 83.0 Å². The third kappa shape index (κ3) is 4.96. The van der Waals surface area contributed by atoms with E-state index in [1.165, 1.54) is 4.90 Å². The molecule has 0 spiro atoms. The molecule has 1 aromatic heterocycles. The fourth-order valence-corrected chi connectivity index (χ4v) is 4.36. The van der Waals surface area contributed by atoms with Gasteiger partial charge in [0.25, 0.3) is 11.7 Å². The van der Waals surface area contributed by atoms with Crippen molar-refractivity contribution in [3.63, 3.8) is 0 Å². The number of hydrogen-bond acceptors (Lipinski definition) is 6. The van der Waals surface area contributed by atoms with Crippen molar-refractivity contribution in [2.24, 2.45) is 0 Å². The van der Waals surface area contributed by atoms with E-state index in [4.69, 9.17) is 4.74 Å². The highest BCUT2D eigenvalue weighted by Gasteiger charge is 2.46. The van der Waals surface area contributed by atoms with Crippen molar-refractivity contribution >= 4 is 23.1 Å². The van der Waals surface area contributed by atoms with Gasteiger partial charge in [-0.3, -0.25) is 14.6 Å². The number of nitrogens with zero attached hydrogens (tertiary/aromatic N) is 3. The molecule has 2 heterocycles. The molecule has 1 fully saturated rings. The number of aryl methyl sites for hydroxylation is 1. The number of Topliss-reactive ketones (excluding diaryl/α,β-unsaturated/α-hetero) is 1. The first-order chi connectivity index (χ1) is 17.3. The Bertz CT molecular complexity index is 1280. The maximum atomic E-state index is 13.3. The third-order valence-corrected chi connectivity index (χ3v) is 6.25. The maximum Gasteiger partial charge on any atom is 0.295 e. The van der Waals surface area contributed by atoms with Gasteiger partial charge >= 0.3 is 0 Å². The molecule has 0 radical (unpaired) electrons. The first kappa shape index (κ1) is 25.0. The van der Waals surface area contributed by atoms with Crippen LogP contribution in [0.15, 0.2) is 72.6 Å². The van der Waals surface area contributed by atoms with Crippen molar-refractivity contribution in [2.75, 3.05) is 25.6 Å². The Kier molecular flexibility index (Phi) is 7.38. The molecule has 4 rings (SSSR count). The molecule has 0 saturated carbocycles. The molecule has 7 nitrogen and oxygen atoms in total. The van der Waals surface area contributed by atoms with Gasteiger partial charge in [-0.2, -0.15) is 0 Å². The van der Waals surface area contributed by atoms with E-state index >= 15 is 0 Å². The number of likely N-dealkylation sites (tertiary alicyclic amines) is 1. The van der Waals surface area contributed by atoms with Crippen LogP contribution in [0.1, 0.15) is 41.6 Å². The van der Waals surface area contributed by atoms with Crippen molar-refractivity contribution < 1.29 is 19.4 Å². The third-order valence-electron chi connectivity index (χ3n) is 6.25. The number of aliphatic hydroxyl groups excluding tert-OH is 1. The van der Waals surface area contributed by atoms with Crippen LogP contribution in [-0.4, -0.2) is 47.4 Å². The smallest absolute Gasteiger partial charge is 0.295 e. The highest BCUT2D eigenvalue weighted by molar-refractivity contribution is 6.46. The molecule has 1 aliphatic heterocycles. The molecule has 1 N–H and O–H groups in total. The molecule has 7 heteroatoms. The fourth-order valence-electron chi connectivity index (χ4n) is 4.36. The zero-order valence-corrected chi connectivity index (χ0v) is 21.1. The van der Waals surface area contributed by atoms with E-state index in [2.05, 4.69) is 4.98 Å². The number of pyridine rings is 1. The summed E-state index contributed by atoms with van der Waals surface area (Å²) in [5.74, 6) is -0.834. The molecule has 0 bridgehead atoms. The first-order valence-electron chi connectivity index (χ1n) is 12.0. The second-order valence-electron chi connectivity index (χ2n) is 9.10. The Balaban J connectivity index is 1.81. The van der Waals surface area contributed by atoms with E-state index in [1.54, 1.807) is 36.7 Å². The zero-order chi connectivity index (χ0) is 25.8. The van der Waals surface area contributed by atoms with E-state index in [9.17, 15) is 14.7 Å². The van der Waals surface area contributed by atoms with Gasteiger partial charge in [-0.05, 0) is 66.4 Å². The minimum absolute atomic E-state index is 0.0723. The summed E-state index contributed by atoms with van der Waals surface area (Å²) in [5.41, 5.74) is 3.89. The largest absolute Gasteiger partial charge is 0.507 e. The number of ketones is 1. The summed E-state index contributed by atoms with van der Waals surface area (Å²) in [6.45, 7) is 4.71. The minimum Gasteiger partial charge on any atom is -0.507 e. The Morgan fingerprint density at radius 2 is 1.86 bits per heavy atom. The second-order valence-corrected chi connectivity index (χ2v) is 9.10.